The number of carbonyl (C=O) groups excluding carboxylic acids is 1. The number of hydrogen-bond acceptors (Lipinski definition) is 1. The summed E-state index contributed by atoms with van der Waals surface area (Å²) in [4.78, 5) is 10.7. The van der Waals surface area contributed by atoms with Gasteiger partial charge in [0.05, 0.1) is 5.83 Å². The summed E-state index contributed by atoms with van der Waals surface area (Å²) in [5.74, 6) is 0.447. The Kier molecular flexibility index (Phi) is 7.88. The highest BCUT2D eigenvalue weighted by Gasteiger charge is 2.04. The number of allylic oxidation sites excluding steroid dienone is 3. The van der Waals surface area contributed by atoms with Crippen molar-refractivity contribution in [1.29, 1.82) is 0 Å². The number of halogens is 1. The quantitative estimate of drug-likeness (QED) is 0.551. The third-order valence-corrected chi connectivity index (χ3v) is 2.42. The summed E-state index contributed by atoms with van der Waals surface area (Å²) < 4.78 is 12.9. The standard InChI is InChI=1S/C13H21FO/c1-4-12(8-6-7-11(3)15)9-10-13(14)5-2/h4,10,12H,1,5-9H2,2-3H3/b13-10+/t12-/m0/s1. The Balaban J connectivity index is 3.83. The summed E-state index contributed by atoms with van der Waals surface area (Å²) >= 11 is 0. The average molecular weight is 212 g/mol. The molecule has 0 aromatic rings. The van der Waals surface area contributed by atoms with Gasteiger partial charge >= 0.3 is 0 Å². The first kappa shape index (κ1) is 14.1. The van der Waals surface area contributed by atoms with Gasteiger partial charge in [-0.15, -0.1) is 6.58 Å². The molecule has 0 unspecified atom stereocenters. The lowest BCUT2D eigenvalue weighted by Gasteiger charge is -2.08. The van der Waals surface area contributed by atoms with Gasteiger partial charge in [0.2, 0.25) is 0 Å². The van der Waals surface area contributed by atoms with Crippen molar-refractivity contribution in [3.63, 3.8) is 0 Å². The topological polar surface area (TPSA) is 17.1 Å². The van der Waals surface area contributed by atoms with Crippen LogP contribution in [-0.2, 0) is 4.79 Å². The van der Waals surface area contributed by atoms with Crippen molar-refractivity contribution in [2.24, 2.45) is 5.92 Å². The predicted octanol–water partition coefficient (Wildman–Crippen LogP) is 4.20. The molecule has 0 amide bonds. The zero-order valence-electron chi connectivity index (χ0n) is 9.76. The molecule has 0 fully saturated rings. The van der Waals surface area contributed by atoms with Gasteiger partial charge in [0.15, 0.2) is 0 Å². The zero-order chi connectivity index (χ0) is 11.7. The maximum absolute atomic E-state index is 12.9. The fraction of sp³-hybridized carbons (Fsp3) is 0.615. The van der Waals surface area contributed by atoms with E-state index >= 15 is 0 Å². The molecule has 1 atom stereocenters. The van der Waals surface area contributed by atoms with Crippen molar-refractivity contribution in [2.45, 2.75) is 46.0 Å². The molecule has 86 valence electrons. The summed E-state index contributed by atoms with van der Waals surface area (Å²) in [6.45, 7) is 7.12. The lowest BCUT2D eigenvalue weighted by atomic mass is 9.97. The zero-order valence-corrected chi connectivity index (χ0v) is 9.76. The fourth-order valence-corrected chi connectivity index (χ4v) is 1.37. The summed E-state index contributed by atoms with van der Waals surface area (Å²) in [6, 6.07) is 0. The van der Waals surface area contributed by atoms with Gasteiger partial charge in [-0.2, -0.15) is 0 Å². The molecule has 0 aliphatic rings. The highest BCUT2D eigenvalue weighted by Crippen LogP contribution is 2.16. The Morgan fingerprint density at radius 2 is 2.20 bits per heavy atom. The monoisotopic (exact) mass is 212 g/mol. The summed E-state index contributed by atoms with van der Waals surface area (Å²) in [7, 11) is 0. The Morgan fingerprint density at radius 3 is 2.67 bits per heavy atom. The average Bonchev–Trinajstić information content (AvgIpc) is 2.22. The summed E-state index contributed by atoms with van der Waals surface area (Å²) in [6.07, 6.45) is 7.02. The van der Waals surface area contributed by atoms with Crippen molar-refractivity contribution >= 4 is 5.78 Å². The smallest absolute Gasteiger partial charge is 0.129 e. The van der Waals surface area contributed by atoms with Crippen LogP contribution in [0, 0.1) is 5.92 Å². The molecule has 0 spiro atoms. The lowest BCUT2D eigenvalue weighted by molar-refractivity contribution is -0.117. The van der Waals surface area contributed by atoms with Crippen molar-refractivity contribution in [3.05, 3.63) is 24.6 Å². The summed E-state index contributed by atoms with van der Waals surface area (Å²) in [5, 5.41) is 0. The highest BCUT2D eigenvalue weighted by atomic mass is 19.1. The van der Waals surface area contributed by atoms with Gasteiger partial charge < -0.3 is 4.79 Å². The Labute approximate surface area is 92.1 Å². The van der Waals surface area contributed by atoms with Gasteiger partial charge in [-0.05, 0) is 38.5 Å². The molecule has 0 N–H and O–H groups in total. The van der Waals surface area contributed by atoms with E-state index in [-0.39, 0.29) is 11.6 Å². The minimum Gasteiger partial charge on any atom is -0.300 e. The predicted molar refractivity (Wildman–Crippen MR) is 62.3 cm³/mol. The molecule has 2 heteroatoms. The first-order valence-corrected chi connectivity index (χ1v) is 5.56. The lowest BCUT2D eigenvalue weighted by Crippen LogP contribution is -1.97. The molecule has 0 rings (SSSR count). The van der Waals surface area contributed by atoms with Crippen molar-refractivity contribution in [1.82, 2.24) is 0 Å². The van der Waals surface area contributed by atoms with Gasteiger partial charge in [0.1, 0.15) is 5.78 Å². The van der Waals surface area contributed by atoms with E-state index in [1.807, 2.05) is 6.08 Å². The molecule has 0 aromatic carbocycles. The van der Waals surface area contributed by atoms with Gasteiger partial charge in [-0.1, -0.05) is 19.1 Å². The van der Waals surface area contributed by atoms with E-state index in [4.69, 9.17) is 0 Å². The number of ketones is 1. The molecule has 0 saturated heterocycles. The molecule has 0 heterocycles. The second-order valence-corrected chi connectivity index (χ2v) is 3.83. The molecular formula is C13H21FO. The van der Waals surface area contributed by atoms with Crippen LogP contribution in [0.25, 0.3) is 0 Å². The first-order chi connectivity index (χ1) is 7.10. The molecule has 0 bridgehead atoms. The van der Waals surface area contributed by atoms with E-state index in [1.54, 1.807) is 19.9 Å². The van der Waals surface area contributed by atoms with Crippen LogP contribution in [0.3, 0.4) is 0 Å². The largest absolute Gasteiger partial charge is 0.300 e. The van der Waals surface area contributed by atoms with Crippen LogP contribution in [0.2, 0.25) is 0 Å². The molecule has 0 saturated carbocycles. The highest BCUT2D eigenvalue weighted by molar-refractivity contribution is 5.75. The molecule has 15 heavy (non-hydrogen) atoms. The van der Waals surface area contributed by atoms with Crippen LogP contribution in [0.4, 0.5) is 4.39 Å². The normalized spacial score (nSPS) is 13.7. The van der Waals surface area contributed by atoms with Crippen LogP contribution in [-0.4, -0.2) is 5.78 Å². The van der Waals surface area contributed by atoms with Crippen LogP contribution < -0.4 is 0 Å². The van der Waals surface area contributed by atoms with Crippen molar-refractivity contribution in [3.8, 4) is 0 Å². The Bertz CT molecular complexity index is 231. The molecule has 0 aliphatic carbocycles. The number of hydrogen-bond donors (Lipinski definition) is 0. The third-order valence-electron chi connectivity index (χ3n) is 2.42. The van der Waals surface area contributed by atoms with Crippen molar-refractivity contribution in [2.75, 3.05) is 0 Å². The first-order valence-electron chi connectivity index (χ1n) is 5.56. The molecule has 0 aromatic heterocycles. The Hall–Kier alpha value is -0.920. The number of carbonyl (C=O) groups is 1. The van der Waals surface area contributed by atoms with Gasteiger partial charge in [0, 0.05) is 6.42 Å². The minimum atomic E-state index is -0.0617. The number of rotatable bonds is 8. The second kappa shape index (κ2) is 8.39. The molecule has 1 nitrogen and oxygen atoms in total. The van der Waals surface area contributed by atoms with Crippen LogP contribution >= 0.6 is 0 Å². The fourth-order valence-electron chi connectivity index (χ4n) is 1.37. The van der Waals surface area contributed by atoms with Gasteiger partial charge in [-0.3, -0.25) is 0 Å². The van der Waals surface area contributed by atoms with Gasteiger partial charge in [-0.25, -0.2) is 4.39 Å². The van der Waals surface area contributed by atoms with E-state index in [2.05, 4.69) is 6.58 Å². The maximum Gasteiger partial charge on any atom is 0.129 e. The summed E-state index contributed by atoms with van der Waals surface area (Å²) in [5.41, 5.74) is 0. The van der Waals surface area contributed by atoms with Gasteiger partial charge in [0.25, 0.3) is 0 Å². The van der Waals surface area contributed by atoms with E-state index < -0.39 is 0 Å². The number of Topliss-reactive ketones (excluding diaryl/α,β-unsaturated/α-hetero) is 1. The van der Waals surface area contributed by atoms with Crippen LogP contribution in [0.1, 0.15) is 46.0 Å². The SMILES string of the molecule is C=C[C@H](C/C=C(/F)CC)CCCC(C)=O. The Morgan fingerprint density at radius 1 is 1.53 bits per heavy atom. The van der Waals surface area contributed by atoms with E-state index in [9.17, 15) is 9.18 Å². The van der Waals surface area contributed by atoms with Crippen LogP contribution in [0.5, 0.6) is 0 Å². The van der Waals surface area contributed by atoms with E-state index in [1.165, 1.54) is 0 Å². The molecular weight excluding hydrogens is 191 g/mol. The van der Waals surface area contributed by atoms with Crippen LogP contribution in [0.15, 0.2) is 24.6 Å². The van der Waals surface area contributed by atoms with E-state index in [0.717, 1.165) is 12.8 Å². The second-order valence-electron chi connectivity index (χ2n) is 3.83. The van der Waals surface area contributed by atoms with E-state index in [0.29, 0.717) is 25.2 Å². The maximum atomic E-state index is 12.9. The van der Waals surface area contributed by atoms with Crippen molar-refractivity contribution < 1.29 is 9.18 Å². The third kappa shape index (κ3) is 8.10. The molecule has 0 aliphatic heterocycles. The molecule has 0 radical (unpaired) electrons. The minimum absolute atomic E-state index is 0.0617.